The molecule has 1 amide bonds. The van der Waals surface area contributed by atoms with Crippen molar-refractivity contribution in [2.75, 3.05) is 38.6 Å². The Kier molecular flexibility index (Phi) is 7.38. The SMILES string of the molecule is COc1cccc(NC(=O)CN2CCNCC2c2cccc(F)c2)c1.Cl. The van der Waals surface area contributed by atoms with Crippen LogP contribution in [-0.4, -0.2) is 44.1 Å². The van der Waals surface area contributed by atoms with Gasteiger partial charge in [-0.1, -0.05) is 18.2 Å². The highest BCUT2D eigenvalue weighted by Crippen LogP contribution is 2.23. The molecule has 140 valence electrons. The Labute approximate surface area is 158 Å². The predicted octanol–water partition coefficient (Wildman–Crippen LogP) is 2.84. The second-order valence-corrected chi connectivity index (χ2v) is 6.03. The molecule has 3 rings (SSSR count). The largest absolute Gasteiger partial charge is 0.497 e. The van der Waals surface area contributed by atoms with Crippen LogP contribution in [0.5, 0.6) is 5.75 Å². The number of hydrogen-bond donors (Lipinski definition) is 2. The van der Waals surface area contributed by atoms with E-state index in [0.29, 0.717) is 18.0 Å². The molecule has 0 spiro atoms. The van der Waals surface area contributed by atoms with Crippen molar-refractivity contribution in [1.82, 2.24) is 10.2 Å². The summed E-state index contributed by atoms with van der Waals surface area (Å²) in [5.74, 6) is 0.332. The van der Waals surface area contributed by atoms with Crippen LogP contribution in [0, 0.1) is 5.82 Å². The van der Waals surface area contributed by atoms with Crippen molar-refractivity contribution in [2.24, 2.45) is 0 Å². The first-order chi connectivity index (χ1) is 12.2. The van der Waals surface area contributed by atoms with E-state index < -0.39 is 0 Å². The van der Waals surface area contributed by atoms with Crippen molar-refractivity contribution in [3.8, 4) is 5.75 Å². The van der Waals surface area contributed by atoms with Crippen LogP contribution < -0.4 is 15.4 Å². The summed E-state index contributed by atoms with van der Waals surface area (Å²) in [7, 11) is 1.59. The predicted molar refractivity (Wildman–Crippen MR) is 102 cm³/mol. The second kappa shape index (κ2) is 9.52. The fourth-order valence-corrected chi connectivity index (χ4v) is 3.06. The first-order valence-corrected chi connectivity index (χ1v) is 8.30. The van der Waals surface area contributed by atoms with E-state index in [0.717, 1.165) is 18.7 Å². The van der Waals surface area contributed by atoms with Crippen molar-refractivity contribution in [3.63, 3.8) is 0 Å². The molecule has 26 heavy (non-hydrogen) atoms. The summed E-state index contributed by atoms with van der Waals surface area (Å²) < 4.78 is 18.7. The molecule has 5 nitrogen and oxygen atoms in total. The minimum absolute atomic E-state index is 0. The second-order valence-electron chi connectivity index (χ2n) is 6.03. The molecule has 1 saturated heterocycles. The number of hydrogen-bond acceptors (Lipinski definition) is 4. The first kappa shape index (κ1) is 20.2. The van der Waals surface area contributed by atoms with E-state index in [9.17, 15) is 9.18 Å². The van der Waals surface area contributed by atoms with Gasteiger partial charge in [-0.05, 0) is 29.8 Å². The van der Waals surface area contributed by atoms with Crippen LogP contribution >= 0.6 is 12.4 Å². The maximum atomic E-state index is 13.5. The van der Waals surface area contributed by atoms with Gasteiger partial charge in [-0.3, -0.25) is 9.69 Å². The van der Waals surface area contributed by atoms with Crippen molar-refractivity contribution >= 4 is 24.0 Å². The smallest absolute Gasteiger partial charge is 0.238 e. The maximum Gasteiger partial charge on any atom is 0.238 e. The number of benzene rings is 2. The van der Waals surface area contributed by atoms with E-state index in [2.05, 4.69) is 15.5 Å². The molecule has 1 atom stereocenters. The molecule has 0 aliphatic carbocycles. The number of piperazine rings is 1. The first-order valence-electron chi connectivity index (χ1n) is 8.30. The number of carbonyl (C=O) groups excluding carboxylic acids is 1. The molecule has 0 aromatic heterocycles. The van der Waals surface area contributed by atoms with Gasteiger partial charge in [0, 0.05) is 37.4 Å². The van der Waals surface area contributed by atoms with Crippen LogP contribution in [0.25, 0.3) is 0 Å². The number of anilines is 1. The van der Waals surface area contributed by atoms with E-state index in [1.807, 2.05) is 24.3 Å². The van der Waals surface area contributed by atoms with Gasteiger partial charge >= 0.3 is 0 Å². The number of ether oxygens (including phenoxy) is 1. The number of nitrogens with zero attached hydrogens (tertiary/aromatic N) is 1. The summed E-state index contributed by atoms with van der Waals surface area (Å²) in [6.07, 6.45) is 0. The summed E-state index contributed by atoms with van der Waals surface area (Å²) in [6.45, 7) is 2.47. The molecular formula is C19H23ClFN3O2. The average Bonchev–Trinajstić information content (AvgIpc) is 2.62. The minimum Gasteiger partial charge on any atom is -0.497 e. The number of rotatable bonds is 5. The number of amides is 1. The summed E-state index contributed by atoms with van der Waals surface area (Å²) >= 11 is 0. The molecule has 7 heteroatoms. The van der Waals surface area contributed by atoms with E-state index in [1.54, 1.807) is 19.2 Å². The molecule has 1 heterocycles. The Morgan fingerprint density at radius 2 is 2.12 bits per heavy atom. The fourth-order valence-electron chi connectivity index (χ4n) is 3.06. The van der Waals surface area contributed by atoms with Gasteiger partial charge in [-0.15, -0.1) is 12.4 Å². The van der Waals surface area contributed by atoms with Gasteiger partial charge in [0.2, 0.25) is 5.91 Å². The lowest BCUT2D eigenvalue weighted by Gasteiger charge is -2.36. The summed E-state index contributed by atoms with van der Waals surface area (Å²) in [6, 6.07) is 13.8. The monoisotopic (exact) mass is 379 g/mol. The highest BCUT2D eigenvalue weighted by Gasteiger charge is 2.25. The van der Waals surface area contributed by atoms with Gasteiger partial charge in [0.15, 0.2) is 0 Å². The van der Waals surface area contributed by atoms with Crippen LogP contribution in [0.2, 0.25) is 0 Å². The molecule has 1 aliphatic rings. The molecule has 2 aromatic carbocycles. The molecule has 0 radical (unpaired) electrons. The zero-order valence-corrected chi connectivity index (χ0v) is 15.4. The quantitative estimate of drug-likeness (QED) is 0.838. The van der Waals surface area contributed by atoms with Gasteiger partial charge in [0.05, 0.1) is 13.7 Å². The lowest BCUT2D eigenvalue weighted by Crippen LogP contribution is -2.48. The molecule has 2 aromatic rings. The standard InChI is InChI=1S/C19H22FN3O2.ClH/c1-25-17-7-3-6-16(11-17)22-19(24)13-23-9-8-21-12-18(23)14-4-2-5-15(20)10-14;/h2-7,10-11,18,21H,8-9,12-13H2,1H3,(H,22,24);1H. The normalized spacial score (nSPS) is 17.2. The zero-order valence-electron chi connectivity index (χ0n) is 14.6. The summed E-state index contributed by atoms with van der Waals surface area (Å²) in [5.41, 5.74) is 1.57. The van der Waals surface area contributed by atoms with Crippen molar-refractivity contribution in [1.29, 1.82) is 0 Å². The highest BCUT2D eigenvalue weighted by atomic mass is 35.5. The van der Waals surface area contributed by atoms with Crippen LogP contribution in [0.4, 0.5) is 10.1 Å². The lowest BCUT2D eigenvalue weighted by molar-refractivity contribution is -0.118. The molecule has 0 saturated carbocycles. The molecule has 2 N–H and O–H groups in total. The Balaban J connectivity index is 0.00000243. The van der Waals surface area contributed by atoms with Crippen molar-refractivity contribution < 1.29 is 13.9 Å². The summed E-state index contributed by atoms with van der Waals surface area (Å²) in [4.78, 5) is 14.5. The zero-order chi connectivity index (χ0) is 17.6. The van der Waals surface area contributed by atoms with Gasteiger partial charge < -0.3 is 15.4 Å². The Morgan fingerprint density at radius 3 is 2.88 bits per heavy atom. The van der Waals surface area contributed by atoms with Crippen molar-refractivity contribution in [3.05, 3.63) is 59.9 Å². The number of methoxy groups -OCH3 is 1. The molecule has 0 bridgehead atoms. The van der Waals surface area contributed by atoms with Crippen molar-refractivity contribution in [2.45, 2.75) is 6.04 Å². The number of carbonyl (C=O) groups is 1. The molecule has 1 aliphatic heterocycles. The fraction of sp³-hybridized carbons (Fsp3) is 0.316. The minimum atomic E-state index is -0.260. The third-order valence-electron chi connectivity index (χ3n) is 4.29. The topological polar surface area (TPSA) is 53.6 Å². The third-order valence-corrected chi connectivity index (χ3v) is 4.29. The van der Waals surface area contributed by atoms with E-state index in [4.69, 9.17) is 4.74 Å². The molecule has 1 unspecified atom stereocenters. The van der Waals surface area contributed by atoms with Crippen LogP contribution in [-0.2, 0) is 4.79 Å². The Bertz CT molecular complexity index is 744. The average molecular weight is 380 g/mol. The number of nitrogens with one attached hydrogen (secondary N) is 2. The molecule has 1 fully saturated rings. The van der Waals surface area contributed by atoms with E-state index >= 15 is 0 Å². The van der Waals surface area contributed by atoms with Gasteiger partial charge in [0.1, 0.15) is 11.6 Å². The van der Waals surface area contributed by atoms with Gasteiger partial charge in [0.25, 0.3) is 0 Å². The Hall–Kier alpha value is -2.15. The number of halogens is 2. The summed E-state index contributed by atoms with van der Waals surface area (Å²) in [5, 5.41) is 6.20. The highest BCUT2D eigenvalue weighted by molar-refractivity contribution is 5.92. The van der Waals surface area contributed by atoms with Gasteiger partial charge in [-0.25, -0.2) is 4.39 Å². The third kappa shape index (κ3) is 5.17. The van der Waals surface area contributed by atoms with Crippen LogP contribution in [0.3, 0.4) is 0 Å². The maximum absolute atomic E-state index is 13.5. The van der Waals surface area contributed by atoms with Crippen LogP contribution in [0.15, 0.2) is 48.5 Å². The molecular weight excluding hydrogens is 357 g/mol. The lowest BCUT2D eigenvalue weighted by atomic mass is 10.0. The van der Waals surface area contributed by atoms with E-state index in [1.165, 1.54) is 12.1 Å². The Morgan fingerprint density at radius 1 is 1.31 bits per heavy atom. The van der Waals surface area contributed by atoms with Crippen LogP contribution in [0.1, 0.15) is 11.6 Å². The van der Waals surface area contributed by atoms with Gasteiger partial charge in [-0.2, -0.15) is 0 Å². The van der Waals surface area contributed by atoms with E-state index in [-0.39, 0.29) is 36.7 Å².